The van der Waals surface area contributed by atoms with Crippen LogP contribution in [0.15, 0.2) is 23.4 Å². The first kappa shape index (κ1) is 10.9. The number of hydrogen-bond donors (Lipinski definition) is 2. The molecular weight excluding hydrogens is 228 g/mol. The van der Waals surface area contributed by atoms with Crippen molar-refractivity contribution in [3.05, 3.63) is 29.3 Å². The third kappa shape index (κ3) is 2.16. The Morgan fingerprint density at radius 3 is 2.75 bits per heavy atom. The largest absolute Gasteiger partial charge is 0.411 e. The molecule has 86 valence electrons. The molecule has 0 saturated carbocycles. The molecule has 0 amide bonds. The van der Waals surface area contributed by atoms with Crippen LogP contribution >= 0.6 is 0 Å². The van der Waals surface area contributed by atoms with Crippen molar-refractivity contribution in [3.63, 3.8) is 0 Å². The van der Waals surface area contributed by atoms with Crippen molar-refractivity contribution in [2.45, 2.75) is 12.8 Å². The normalized spacial score (nSPS) is 17.4. The van der Waals surface area contributed by atoms with Gasteiger partial charge in [0, 0.05) is 11.3 Å². The van der Waals surface area contributed by atoms with Gasteiger partial charge in [-0.3, -0.25) is 4.72 Å². The summed E-state index contributed by atoms with van der Waals surface area (Å²) in [4.78, 5) is 0. The van der Waals surface area contributed by atoms with E-state index in [9.17, 15) is 8.42 Å². The number of nitrogens with zero attached hydrogens (tertiary/aromatic N) is 1. The number of benzene rings is 1. The maximum Gasteiger partial charge on any atom is 0.229 e. The van der Waals surface area contributed by atoms with Crippen molar-refractivity contribution < 1.29 is 13.6 Å². The average molecular weight is 240 g/mol. The van der Waals surface area contributed by atoms with Gasteiger partial charge in [-0.15, -0.1) is 0 Å². The second kappa shape index (κ2) is 3.79. The molecule has 0 unspecified atom stereocenters. The molecule has 16 heavy (non-hydrogen) atoms. The fourth-order valence-electron chi connectivity index (χ4n) is 1.85. The van der Waals surface area contributed by atoms with Crippen LogP contribution in [0, 0.1) is 0 Å². The molecular formula is C10H12N2O3S. The van der Waals surface area contributed by atoms with Gasteiger partial charge in [0.15, 0.2) is 0 Å². The molecule has 0 spiro atoms. The highest BCUT2D eigenvalue weighted by Gasteiger charge is 2.18. The number of fused-ring (bicyclic) bond motifs is 1. The van der Waals surface area contributed by atoms with Crippen molar-refractivity contribution >= 4 is 21.4 Å². The smallest absolute Gasteiger partial charge is 0.229 e. The van der Waals surface area contributed by atoms with Crippen molar-refractivity contribution in [1.82, 2.24) is 0 Å². The Morgan fingerprint density at radius 2 is 2.12 bits per heavy atom. The Morgan fingerprint density at radius 1 is 1.38 bits per heavy atom. The van der Waals surface area contributed by atoms with E-state index in [1.54, 1.807) is 18.2 Å². The van der Waals surface area contributed by atoms with Crippen LogP contribution in [-0.2, 0) is 16.4 Å². The first-order valence-corrected chi connectivity index (χ1v) is 6.71. The molecule has 1 aromatic rings. The van der Waals surface area contributed by atoms with Crippen LogP contribution in [-0.4, -0.2) is 25.6 Å². The van der Waals surface area contributed by atoms with Gasteiger partial charge in [-0.25, -0.2) is 8.42 Å². The number of anilines is 1. The predicted molar refractivity (Wildman–Crippen MR) is 61.6 cm³/mol. The first-order chi connectivity index (χ1) is 7.49. The minimum atomic E-state index is -3.24. The summed E-state index contributed by atoms with van der Waals surface area (Å²) < 4.78 is 24.5. The second-order valence-electron chi connectivity index (χ2n) is 3.79. The standard InChI is InChI=1S/C10H12N2O3S/c1-16(14,15)12-8-3-4-9-7(6-8)2-5-10(9)11-13/h3-4,6,12-13H,2,5H2,1H3. The van der Waals surface area contributed by atoms with E-state index < -0.39 is 10.0 Å². The lowest BCUT2D eigenvalue weighted by molar-refractivity contribution is 0.318. The molecule has 2 rings (SSSR count). The van der Waals surface area contributed by atoms with Gasteiger partial charge in [0.1, 0.15) is 0 Å². The van der Waals surface area contributed by atoms with Gasteiger partial charge in [0.25, 0.3) is 0 Å². The maximum atomic E-state index is 11.0. The van der Waals surface area contributed by atoms with E-state index in [1.165, 1.54) is 0 Å². The topological polar surface area (TPSA) is 78.8 Å². The average Bonchev–Trinajstić information content (AvgIpc) is 2.57. The van der Waals surface area contributed by atoms with Gasteiger partial charge < -0.3 is 5.21 Å². The van der Waals surface area contributed by atoms with Crippen molar-refractivity contribution in [3.8, 4) is 0 Å². The third-order valence-electron chi connectivity index (χ3n) is 2.47. The zero-order chi connectivity index (χ0) is 11.8. The number of sulfonamides is 1. The lowest BCUT2D eigenvalue weighted by Crippen LogP contribution is -2.09. The lowest BCUT2D eigenvalue weighted by Gasteiger charge is -2.05. The molecule has 5 nitrogen and oxygen atoms in total. The van der Waals surface area contributed by atoms with Gasteiger partial charge in [-0.05, 0) is 30.5 Å². The molecule has 0 bridgehead atoms. The quantitative estimate of drug-likeness (QED) is 0.602. The van der Waals surface area contributed by atoms with E-state index in [0.717, 1.165) is 23.8 Å². The van der Waals surface area contributed by atoms with E-state index >= 15 is 0 Å². The summed E-state index contributed by atoms with van der Waals surface area (Å²) in [5.41, 5.74) is 3.09. The van der Waals surface area contributed by atoms with Gasteiger partial charge >= 0.3 is 0 Å². The van der Waals surface area contributed by atoms with Crippen molar-refractivity contribution in [1.29, 1.82) is 0 Å². The second-order valence-corrected chi connectivity index (χ2v) is 5.54. The van der Waals surface area contributed by atoms with Crippen molar-refractivity contribution in [2.75, 3.05) is 11.0 Å². The number of rotatable bonds is 2. The molecule has 0 aromatic heterocycles. The van der Waals surface area contributed by atoms with E-state index in [-0.39, 0.29) is 0 Å². The molecule has 1 aliphatic rings. The summed E-state index contributed by atoms with van der Waals surface area (Å²) >= 11 is 0. The molecule has 2 N–H and O–H groups in total. The zero-order valence-corrected chi connectivity index (χ0v) is 9.58. The predicted octanol–water partition coefficient (Wildman–Crippen LogP) is 1.18. The summed E-state index contributed by atoms with van der Waals surface area (Å²) in [5.74, 6) is 0. The number of oxime groups is 1. The SMILES string of the molecule is CS(=O)(=O)Nc1ccc2c(c1)CCC2=NO. The molecule has 6 heteroatoms. The highest BCUT2D eigenvalue weighted by atomic mass is 32.2. The Kier molecular flexibility index (Phi) is 2.59. The molecule has 0 saturated heterocycles. The molecule has 0 atom stereocenters. The minimum absolute atomic E-state index is 0.542. The zero-order valence-electron chi connectivity index (χ0n) is 8.77. The van der Waals surface area contributed by atoms with Gasteiger partial charge in [-0.1, -0.05) is 11.2 Å². The van der Waals surface area contributed by atoms with Crippen LogP contribution in [0.4, 0.5) is 5.69 Å². The van der Waals surface area contributed by atoms with E-state index in [2.05, 4.69) is 9.88 Å². The summed E-state index contributed by atoms with van der Waals surface area (Å²) in [6, 6.07) is 5.20. The van der Waals surface area contributed by atoms with Crippen molar-refractivity contribution in [2.24, 2.45) is 5.16 Å². The highest BCUT2D eigenvalue weighted by Crippen LogP contribution is 2.25. The molecule has 1 aliphatic carbocycles. The van der Waals surface area contributed by atoms with Crippen LogP contribution in [0.2, 0.25) is 0 Å². The first-order valence-electron chi connectivity index (χ1n) is 4.81. The Labute approximate surface area is 93.8 Å². The Balaban J connectivity index is 2.36. The molecule has 0 aliphatic heterocycles. The van der Waals surface area contributed by atoms with Crippen LogP contribution in [0.5, 0.6) is 0 Å². The summed E-state index contributed by atoms with van der Waals surface area (Å²) in [6.45, 7) is 0. The fraction of sp³-hybridized carbons (Fsp3) is 0.300. The summed E-state index contributed by atoms with van der Waals surface area (Å²) in [5, 5.41) is 12.0. The van der Waals surface area contributed by atoms with Crippen LogP contribution in [0.1, 0.15) is 17.5 Å². The van der Waals surface area contributed by atoms with Crippen LogP contribution in [0.25, 0.3) is 0 Å². The highest BCUT2D eigenvalue weighted by molar-refractivity contribution is 7.92. The lowest BCUT2D eigenvalue weighted by atomic mass is 10.1. The van der Waals surface area contributed by atoms with Crippen LogP contribution in [0.3, 0.4) is 0 Å². The number of nitrogens with one attached hydrogen (secondary N) is 1. The summed E-state index contributed by atoms with van der Waals surface area (Å²) in [6.07, 6.45) is 2.57. The fourth-order valence-corrected chi connectivity index (χ4v) is 2.41. The molecule has 1 aromatic carbocycles. The van der Waals surface area contributed by atoms with Gasteiger partial charge in [-0.2, -0.15) is 0 Å². The number of hydrogen-bond acceptors (Lipinski definition) is 4. The summed E-state index contributed by atoms with van der Waals surface area (Å²) in [7, 11) is -3.24. The monoisotopic (exact) mass is 240 g/mol. The molecule has 0 radical (unpaired) electrons. The van der Waals surface area contributed by atoms with E-state index in [0.29, 0.717) is 17.8 Å². The van der Waals surface area contributed by atoms with Crippen LogP contribution < -0.4 is 4.72 Å². The van der Waals surface area contributed by atoms with E-state index in [1.807, 2.05) is 0 Å². The molecule has 0 fully saturated rings. The minimum Gasteiger partial charge on any atom is -0.411 e. The third-order valence-corrected chi connectivity index (χ3v) is 3.08. The molecule has 0 heterocycles. The number of aryl methyl sites for hydroxylation is 1. The van der Waals surface area contributed by atoms with Gasteiger partial charge in [0.2, 0.25) is 10.0 Å². The van der Waals surface area contributed by atoms with Gasteiger partial charge in [0.05, 0.1) is 12.0 Å². The maximum absolute atomic E-state index is 11.0. The van der Waals surface area contributed by atoms with E-state index in [4.69, 9.17) is 5.21 Å². The Bertz CT molecular complexity index is 549. The Hall–Kier alpha value is -1.56.